The number of fused-ring (bicyclic) bond motifs is 3. The Morgan fingerprint density at radius 2 is 1.59 bits per heavy atom. The minimum Gasteiger partial charge on any atom is -0.448 e. The summed E-state index contributed by atoms with van der Waals surface area (Å²) in [5.74, 6) is -0.107. The molecule has 3 rings (SSSR count). The van der Waals surface area contributed by atoms with E-state index in [1.807, 2.05) is 0 Å². The molecule has 0 bridgehead atoms. The Balaban J connectivity index is 0.000000264. The summed E-state index contributed by atoms with van der Waals surface area (Å²) in [6, 6.07) is 17.1. The van der Waals surface area contributed by atoms with Gasteiger partial charge in [-0.2, -0.15) is 5.48 Å². The second-order valence-electron chi connectivity index (χ2n) is 4.67. The summed E-state index contributed by atoms with van der Waals surface area (Å²) in [7, 11) is 0. The van der Waals surface area contributed by atoms with Crippen molar-refractivity contribution >= 4 is 5.97 Å². The fourth-order valence-corrected chi connectivity index (χ4v) is 2.39. The van der Waals surface area contributed by atoms with Crippen LogP contribution in [-0.2, 0) is 42.2 Å². The molecular weight excluding hydrogens is 355 g/mol. The van der Waals surface area contributed by atoms with Crippen LogP contribution in [0.2, 0.25) is 0 Å². The standard InChI is InChI=1S/C14H11.C3H7NO3.Y/c1-10-11-6-2-4-8-13(11)14-9-5-3-7-12(10)14;1-3(5)7-2-4-6;/h2-10H,1H2;4,6H,2H2,1H3;/q-1;;. The smallest absolute Gasteiger partial charge is 0.304 e. The van der Waals surface area contributed by atoms with Crippen LogP contribution in [0.25, 0.3) is 11.1 Å². The number of carbonyl (C=O) groups is 1. The second kappa shape index (κ2) is 9.16. The van der Waals surface area contributed by atoms with E-state index in [2.05, 4.69) is 60.2 Å². The molecule has 2 N–H and O–H groups in total. The van der Waals surface area contributed by atoms with Gasteiger partial charge in [0.05, 0.1) is 0 Å². The van der Waals surface area contributed by atoms with E-state index >= 15 is 0 Å². The van der Waals surface area contributed by atoms with Gasteiger partial charge in [0, 0.05) is 39.6 Å². The van der Waals surface area contributed by atoms with Gasteiger partial charge in [-0.25, -0.2) is 0 Å². The number of hydroxylamine groups is 1. The molecule has 0 spiro atoms. The molecule has 0 atom stereocenters. The second-order valence-corrected chi connectivity index (χ2v) is 4.67. The predicted octanol–water partition coefficient (Wildman–Crippen LogP) is 3.12. The van der Waals surface area contributed by atoms with Crippen LogP contribution >= 0.6 is 0 Å². The van der Waals surface area contributed by atoms with Crippen molar-refractivity contribution in [1.82, 2.24) is 5.48 Å². The SMILES string of the molecule is CC(=O)OCNO.[CH2-]C1c2ccccc2-c2ccccc21.[Y]. The molecule has 0 aliphatic heterocycles. The van der Waals surface area contributed by atoms with E-state index < -0.39 is 5.97 Å². The maximum absolute atomic E-state index is 9.83. The van der Waals surface area contributed by atoms with Crippen molar-refractivity contribution in [2.45, 2.75) is 12.8 Å². The van der Waals surface area contributed by atoms with Crippen LogP contribution in [0, 0.1) is 6.92 Å². The minimum absolute atomic E-state index is 0. The van der Waals surface area contributed by atoms with Gasteiger partial charge in [-0.15, -0.1) is 5.92 Å². The monoisotopic (exact) mass is 373 g/mol. The average Bonchev–Trinajstić information content (AvgIpc) is 2.80. The molecule has 4 nitrogen and oxygen atoms in total. The molecule has 2 aromatic rings. The Labute approximate surface area is 155 Å². The maximum Gasteiger partial charge on any atom is 0.304 e. The van der Waals surface area contributed by atoms with Gasteiger partial charge in [0.2, 0.25) is 0 Å². The quantitative estimate of drug-likeness (QED) is 0.368. The Bertz CT molecular complexity index is 585. The van der Waals surface area contributed by atoms with Crippen LogP contribution in [0.15, 0.2) is 48.5 Å². The molecule has 0 saturated heterocycles. The van der Waals surface area contributed by atoms with Gasteiger partial charge >= 0.3 is 5.97 Å². The fraction of sp³-hybridized carbons (Fsp3) is 0.176. The molecule has 0 saturated carbocycles. The topological polar surface area (TPSA) is 58.6 Å². The van der Waals surface area contributed by atoms with Gasteiger partial charge in [-0.05, 0) is 11.1 Å². The van der Waals surface area contributed by atoms with Crippen LogP contribution in [0.3, 0.4) is 0 Å². The van der Waals surface area contributed by atoms with Crippen molar-refractivity contribution in [3.8, 4) is 11.1 Å². The van der Waals surface area contributed by atoms with Crippen LogP contribution in [0.1, 0.15) is 24.0 Å². The van der Waals surface area contributed by atoms with E-state index in [0.717, 1.165) is 0 Å². The molecule has 0 fully saturated rings. The van der Waals surface area contributed by atoms with E-state index in [-0.39, 0.29) is 39.4 Å². The maximum atomic E-state index is 9.83. The molecule has 1 radical (unpaired) electrons. The number of carbonyl (C=O) groups excluding carboxylic acids is 1. The van der Waals surface area contributed by atoms with Crippen molar-refractivity contribution < 1.29 is 47.4 Å². The predicted molar refractivity (Wildman–Crippen MR) is 80.6 cm³/mol. The van der Waals surface area contributed by atoms with Crippen LogP contribution in [0.5, 0.6) is 0 Å². The molecule has 0 unspecified atom stereocenters. The van der Waals surface area contributed by atoms with Gasteiger partial charge < -0.3 is 16.9 Å². The van der Waals surface area contributed by atoms with Crippen molar-refractivity contribution in [3.05, 3.63) is 66.6 Å². The molecule has 0 aromatic heterocycles. The Morgan fingerprint density at radius 1 is 1.14 bits per heavy atom. The van der Waals surface area contributed by atoms with E-state index in [9.17, 15) is 4.79 Å². The Morgan fingerprint density at radius 3 is 1.95 bits per heavy atom. The number of hydrogen-bond donors (Lipinski definition) is 2. The molecule has 22 heavy (non-hydrogen) atoms. The first-order valence-electron chi connectivity index (χ1n) is 6.66. The molecule has 0 heterocycles. The number of benzene rings is 2. The summed E-state index contributed by atoms with van der Waals surface area (Å²) in [5.41, 5.74) is 7.07. The van der Waals surface area contributed by atoms with Gasteiger partial charge in [0.15, 0.2) is 6.73 Å². The number of rotatable bonds is 2. The fourth-order valence-electron chi connectivity index (χ4n) is 2.39. The molecule has 113 valence electrons. The molecule has 5 heteroatoms. The zero-order valence-corrected chi connectivity index (χ0v) is 15.3. The van der Waals surface area contributed by atoms with E-state index in [0.29, 0.717) is 5.92 Å². The largest absolute Gasteiger partial charge is 0.448 e. The van der Waals surface area contributed by atoms with Crippen molar-refractivity contribution in [2.75, 3.05) is 6.73 Å². The number of esters is 1. The van der Waals surface area contributed by atoms with Gasteiger partial charge in [0.1, 0.15) is 0 Å². The summed E-state index contributed by atoms with van der Waals surface area (Å²) in [6.07, 6.45) is 0. The molecule has 2 aromatic carbocycles. The van der Waals surface area contributed by atoms with Gasteiger partial charge in [0.25, 0.3) is 0 Å². The first-order valence-corrected chi connectivity index (χ1v) is 6.66. The summed E-state index contributed by atoms with van der Waals surface area (Å²) >= 11 is 0. The number of hydrogen-bond acceptors (Lipinski definition) is 4. The van der Waals surface area contributed by atoms with Crippen LogP contribution < -0.4 is 5.48 Å². The van der Waals surface area contributed by atoms with Crippen LogP contribution in [0.4, 0.5) is 0 Å². The molecule has 0 amide bonds. The number of ether oxygens (including phenoxy) is 1. The Hall–Kier alpha value is -1.07. The minimum atomic E-state index is -0.415. The van der Waals surface area contributed by atoms with Crippen molar-refractivity contribution in [1.29, 1.82) is 0 Å². The zero-order chi connectivity index (χ0) is 15.2. The molecular formula is C17H18NO3Y-. The first kappa shape index (κ1) is 19.0. The average molecular weight is 373 g/mol. The Kier molecular flexibility index (Phi) is 7.90. The van der Waals surface area contributed by atoms with Gasteiger partial charge in [-0.1, -0.05) is 59.7 Å². The molecule has 1 aliphatic carbocycles. The van der Waals surface area contributed by atoms with Crippen molar-refractivity contribution in [3.63, 3.8) is 0 Å². The van der Waals surface area contributed by atoms with E-state index in [1.54, 1.807) is 5.48 Å². The third kappa shape index (κ3) is 4.46. The number of nitrogens with one attached hydrogen (secondary N) is 1. The summed E-state index contributed by atoms with van der Waals surface area (Å²) in [4.78, 5) is 9.83. The first-order chi connectivity index (χ1) is 10.1. The third-order valence-corrected chi connectivity index (χ3v) is 3.30. The zero-order valence-electron chi connectivity index (χ0n) is 12.5. The van der Waals surface area contributed by atoms with Crippen molar-refractivity contribution in [2.24, 2.45) is 0 Å². The third-order valence-electron chi connectivity index (χ3n) is 3.30. The molecule has 1 aliphatic rings. The van der Waals surface area contributed by atoms with E-state index in [1.165, 1.54) is 29.2 Å². The van der Waals surface area contributed by atoms with Gasteiger partial charge in [-0.3, -0.25) is 4.79 Å². The van der Waals surface area contributed by atoms with E-state index in [4.69, 9.17) is 5.21 Å². The summed E-state index contributed by atoms with van der Waals surface area (Å²) < 4.78 is 4.19. The van der Waals surface area contributed by atoms with Crippen LogP contribution in [-0.4, -0.2) is 17.9 Å². The normalized spacial score (nSPS) is 11.4. The summed E-state index contributed by atoms with van der Waals surface area (Å²) in [5, 5.41) is 7.79. The summed E-state index contributed by atoms with van der Waals surface area (Å²) in [6.45, 7) is 5.34.